The summed E-state index contributed by atoms with van der Waals surface area (Å²) in [5, 5.41) is 2.71. The molecule has 4 N–H and O–H groups in total. The molecule has 134 valence electrons. The van der Waals surface area contributed by atoms with E-state index in [1.807, 2.05) is 30.3 Å². The molecule has 0 bridgehead atoms. The number of nitrogens with two attached hydrogens (primary N) is 1. The summed E-state index contributed by atoms with van der Waals surface area (Å²) in [5.41, 5.74) is 6.55. The van der Waals surface area contributed by atoms with Gasteiger partial charge in [0.25, 0.3) is 5.91 Å². The van der Waals surface area contributed by atoms with Gasteiger partial charge in [-0.05, 0) is 43.7 Å². The van der Waals surface area contributed by atoms with E-state index in [0.29, 0.717) is 25.1 Å². The average Bonchev–Trinajstić information content (AvgIpc) is 2.62. The van der Waals surface area contributed by atoms with Crippen LogP contribution in [0.3, 0.4) is 0 Å². The van der Waals surface area contributed by atoms with Crippen LogP contribution < -0.4 is 15.8 Å². The topological polar surface area (TPSA) is 101 Å². The summed E-state index contributed by atoms with van der Waals surface area (Å²) >= 11 is 0. The number of carbonyl (C=O) groups is 1. The number of amides is 1. The van der Waals surface area contributed by atoms with E-state index in [1.165, 1.54) is 12.1 Å². The normalized spacial score (nSPS) is 12.6. The third-order valence-corrected chi connectivity index (χ3v) is 5.24. The van der Waals surface area contributed by atoms with Crippen LogP contribution in [0.15, 0.2) is 59.5 Å². The van der Waals surface area contributed by atoms with Gasteiger partial charge in [0.05, 0.1) is 4.90 Å². The van der Waals surface area contributed by atoms with E-state index >= 15 is 0 Å². The van der Waals surface area contributed by atoms with E-state index in [9.17, 15) is 13.2 Å². The van der Waals surface area contributed by atoms with E-state index < -0.39 is 10.0 Å². The molecule has 1 amide bonds. The lowest BCUT2D eigenvalue weighted by atomic mass is 10.1. The molecular formula is C18H23N3O3S. The van der Waals surface area contributed by atoms with Crippen LogP contribution in [0.2, 0.25) is 0 Å². The Bertz CT molecular complexity index is 807. The maximum absolute atomic E-state index is 12.6. The van der Waals surface area contributed by atoms with Gasteiger partial charge in [0.15, 0.2) is 0 Å². The maximum Gasteiger partial charge on any atom is 0.251 e. The second-order valence-electron chi connectivity index (χ2n) is 5.68. The van der Waals surface area contributed by atoms with Gasteiger partial charge in [-0.3, -0.25) is 4.79 Å². The van der Waals surface area contributed by atoms with Gasteiger partial charge < -0.3 is 11.1 Å². The lowest BCUT2D eigenvalue weighted by Crippen LogP contribution is -2.28. The minimum absolute atomic E-state index is 0.0572. The Labute approximate surface area is 148 Å². The number of benzene rings is 2. The van der Waals surface area contributed by atoms with Crippen LogP contribution in [-0.2, 0) is 10.0 Å². The second kappa shape index (κ2) is 8.75. The fraction of sp³-hybridized carbons (Fsp3) is 0.278. The quantitative estimate of drug-likeness (QED) is 0.624. The zero-order chi connectivity index (χ0) is 18.3. The molecule has 0 aliphatic carbocycles. The first kappa shape index (κ1) is 19.1. The molecule has 0 aliphatic rings. The maximum atomic E-state index is 12.6. The monoisotopic (exact) mass is 361 g/mol. The lowest BCUT2D eigenvalue weighted by molar-refractivity contribution is 0.0953. The molecular weight excluding hydrogens is 338 g/mol. The van der Waals surface area contributed by atoms with Crippen LogP contribution in [0.4, 0.5) is 0 Å². The molecule has 0 fully saturated rings. The van der Waals surface area contributed by atoms with Crippen molar-refractivity contribution in [3.63, 3.8) is 0 Å². The molecule has 0 saturated heterocycles. The molecule has 1 unspecified atom stereocenters. The lowest BCUT2D eigenvalue weighted by Gasteiger charge is -2.15. The van der Waals surface area contributed by atoms with Gasteiger partial charge in [-0.1, -0.05) is 36.4 Å². The zero-order valence-electron chi connectivity index (χ0n) is 14.1. The second-order valence-corrected chi connectivity index (χ2v) is 7.39. The number of rotatable bonds is 8. The van der Waals surface area contributed by atoms with Crippen molar-refractivity contribution in [2.75, 3.05) is 13.1 Å². The number of hydrogen-bond donors (Lipinski definition) is 3. The fourth-order valence-corrected chi connectivity index (χ4v) is 3.60. The predicted octanol–water partition coefficient (Wildman–Crippen LogP) is 1.80. The van der Waals surface area contributed by atoms with Crippen molar-refractivity contribution >= 4 is 15.9 Å². The fourth-order valence-electron chi connectivity index (χ4n) is 2.32. The standard InChI is InChI=1S/C18H23N3O3S/c1-14(15-7-3-2-4-8-15)21-25(23,24)17-10-5-9-16(13-17)18(22)20-12-6-11-19/h2-5,7-10,13-14,21H,6,11-12,19H2,1H3,(H,20,22). The molecule has 0 aromatic heterocycles. The molecule has 25 heavy (non-hydrogen) atoms. The first-order valence-corrected chi connectivity index (χ1v) is 9.58. The van der Waals surface area contributed by atoms with E-state index in [0.717, 1.165) is 5.56 Å². The first-order valence-electron chi connectivity index (χ1n) is 8.09. The van der Waals surface area contributed by atoms with Gasteiger partial charge in [0.2, 0.25) is 10.0 Å². The Balaban J connectivity index is 2.14. The van der Waals surface area contributed by atoms with Crippen LogP contribution in [0.25, 0.3) is 0 Å². The molecule has 0 radical (unpaired) electrons. The zero-order valence-corrected chi connectivity index (χ0v) is 14.9. The van der Waals surface area contributed by atoms with Crippen LogP contribution in [-0.4, -0.2) is 27.4 Å². The van der Waals surface area contributed by atoms with Crippen LogP contribution >= 0.6 is 0 Å². The van der Waals surface area contributed by atoms with E-state index in [-0.39, 0.29) is 16.8 Å². The summed E-state index contributed by atoms with van der Waals surface area (Å²) in [6.07, 6.45) is 0.667. The van der Waals surface area contributed by atoms with Crippen LogP contribution in [0, 0.1) is 0 Å². The van der Waals surface area contributed by atoms with Crippen LogP contribution in [0.1, 0.15) is 35.3 Å². The smallest absolute Gasteiger partial charge is 0.251 e. The van der Waals surface area contributed by atoms with Crippen molar-refractivity contribution in [3.8, 4) is 0 Å². The molecule has 1 atom stereocenters. The van der Waals surface area contributed by atoms with Gasteiger partial charge in [-0.25, -0.2) is 13.1 Å². The van der Waals surface area contributed by atoms with Crippen molar-refractivity contribution in [3.05, 3.63) is 65.7 Å². The summed E-state index contributed by atoms with van der Waals surface area (Å²) in [4.78, 5) is 12.1. The average molecular weight is 361 g/mol. The first-order chi connectivity index (χ1) is 11.9. The van der Waals surface area contributed by atoms with Crippen molar-refractivity contribution in [2.45, 2.75) is 24.3 Å². The molecule has 2 aromatic carbocycles. The van der Waals surface area contributed by atoms with Crippen molar-refractivity contribution < 1.29 is 13.2 Å². The SMILES string of the molecule is CC(NS(=O)(=O)c1cccc(C(=O)NCCCN)c1)c1ccccc1. The Morgan fingerprint density at radius 3 is 2.52 bits per heavy atom. The largest absolute Gasteiger partial charge is 0.352 e. The number of nitrogens with one attached hydrogen (secondary N) is 2. The minimum atomic E-state index is -3.74. The van der Waals surface area contributed by atoms with E-state index in [4.69, 9.17) is 5.73 Å². The molecule has 2 rings (SSSR count). The highest BCUT2D eigenvalue weighted by molar-refractivity contribution is 7.89. The third kappa shape index (κ3) is 5.38. The van der Waals surface area contributed by atoms with Crippen molar-refractivity contribution in [1.82, 2.24) is 10.0 Å². The van der Waals surface area contributed by atoms with Gasteiger partial charge in [0, 0.05) is 18.2 Å². The molecule has 6 nitrogen and oxygen atoms in total. The van der Waals surface area contributed by atoms with Gasteiger partial charge in [-0.2, -0.15) is 0 Å². The Morgan fingerprint density at radius 1 is 1.12 bits per heavy atom. The van der Waals surface area contributed by atoms with Crippen molar-refractivity contribution in [1.29, 1.82) is 0 Å². The van der Waals surface area contributed by atoms with Gasteiger partial charge in [0.1, 0.15) is 0 Å². The highest BCUT2D eigenvalue weighted by Crippen LogP contribution is 2.17. The van der Waals surface area contributed by atoms with Crippen molar-refractivity contribution in [2.24, 2.45) is 5.73 Å². The molecule has 0 spiro atoms. The Morgan fingerprint density at radius 2 is 1.84 bits per heavy atom. The highest BCUT2D eigenvalue weighted by atomic mass is 32.2. The molecule has 7 heteroatoms. The highest BCUT2D eigenvalue weighted by Gasteiger charge is 2.19. The number of hydrogen-bond acceptors (Lipinski definition) is 4. The summed E-state index contributed by atoms with van der Waals surface area (Å²) in [6.45, 7) is 2.71. The predicted molar refractivity (Wildman–Crippen MR) is 97.6 cm³/mol. The Kier molecular flexibility index (Phi) is 6.69. The van der Waals surface area contributed by atoms with E-state index in [2.05, 4.69) is 10.0 Å². The molecule has 0 heterocycles. The third-order valence-electron chi connectivity index (χ3n) is 3.70. The van der Waals surface area contributed by atoms with Gasteiger partial charge in [-0.15, -0.1) is 0 Å². The number of sulfonamides is 1. The molecule has 0 saturated carbocycles. The van der Waals surface area contributed by atoms with E-state index in [1.54, 1.807) is 19.1 Å². The van der Waals surface area contributed by atoms with Crippen LogP contribution in [0.5, 0.6) is 0 Å². The Hall–Kier alpha value is -2.22. The summed E-state index contributed by atoms with van der Waals surface area (Å²) in [6, 6.07) is 14.9. The summed E-state index contributed by atoms with van der Waals surface area (Å²) in [5.74, 6) is -0.318. The van der Waals surface area contributed by atoms with Gasteiger partial charge >= 0.3 is 0 Å². The molecule has 0 aliphatic heterocycles. The number of carbonyl (C=O) groups excluding carboxylic acids is 1. The summed E-state index contributed by atoms with van der Waals surface area (Å²) in [7, 11) is -3.74. The molecule has 2 aromatic rings. The minimum Gasteiger partial charge on any atom is -0.352 e. The summed E-state index contributed by atoms with van der Waals surface area (Å²) < 4.78 is 27.8.